The van der Waals surface area contributed by atoms with Gasteiger partial charge in [0.2, 0.25) is 0 Å². The highest BCUT2D eigenvalue weighted by molar-refractivity contribution is 5.39. The Labute approximate surface area is 178 Å². The van der Waals surface area contributed by atoms with Gasteiger partial charge < -0.3 is 0 Å². The van der Waals surface area contributed by atoms with Crippen LogP contribution < -0.4 is 0 Å². The lowest BCUT2D eigenvalue weighted by molar-refractivity contribution is 0.383. The summed E-state index contributed by atoms with van der Waals surface area (Å²) in [6.07, 6.45) is 8.24. The lowest BCUT2D eigenvalue weighted by Gasteiger charge is -2.26. The molecule has 2 aromatic rings. The van der Waals surface area contributed by atoms with Gasteiger partial charge in [0, 0.05) is 5.92 Å². The third-order valence-electron chi connectivity index (χ3n) is 6.28. The largest absolute Gasteiger partial charge is 0.207 e. The van der Waals surface area contributed by atoms with Gasteiger partial charge in [-0.3, -0.25) is 0 Å². The van der Waals surface area contributed by atoms with Gasteiger partial charge in [-0.05, 0) is 79.7 Å². The van der Waals surface area contributed by atoms with Crippen LogP contribution in [0.15, 0.2) is 30.3 Å². The zero-order valence-corrected chi connectivity index (χ0v) is 18.0. The summed E-state index contributed by atoms with van der Waals surface area (Å²) < 4.78 is 42.5. The van der Waals surface area contributed by atoms with Gasteiger partial charge in [0.1, 0.15) is 5.82 Å². The molecule has 1 fully saturated rings. The van der Waals surface area contributed by atoms with Crippen molar-refractivity contribution >= 4 is 0 Å². The summed E-state index contributed by atoms with van der Waals surface area (Å²) in [5, 5.41) is 0. The second-order valence-electron chi connectivity index (χ2n) is 8.38. The van der Waals surface area contributed by atoms with E-state index in [0.29, 0.717) is 17.9 Å². The maximum Gasteiger partial charge on any atom is 0.174 e. The number of hydrogen-bond donors (Lipinski definition) is 0. The zero-order valence-electron chi connectivity index (χ0n) is 18.0. The summed E-state index contributed by atoms with van der Waals surface area (Å²) in [5.41, 5.74) is 2.39. The van der Waals surface area contributed by atoms with E-state index in [-0.39, 0.29) is 17.3 Å². The van der Waals surface area contributed by atoms with E-state index < -0.39 is 11.6 Å². The Morgan fingerprint density at radius 3 is 2.27 bits per heavy atom. The van der Waals surface area contributed by atoms with Crippen LogP contribution in [0.25, 0.3) is 0 Å². The third kappa shape index (κ3) is 5.48. The second-order valence-corrected chi connectivity index (χ2v) is 8.38. The molecule has 0 N–H and O–H groups in total. The lowest BCUT2D eigenvalue weighted by atomic mass is 9.78. The van der Waals surface area contributed by atoms with Gasteiger partial charge in [0.15, 0.2) is 11.6 Å². The fourth-order valence-corrected chi connectivity index (χ4v) is 4.30. The summed E-state index contributed by atoms with van der Waals surface area (Å²) in [4.78, 5) is 0. The minimum absolute atomic E-state index is 0.0847. The molecule has 0 radical (unpaired) electrons. The Hall–Kier alpha value is -2.21. The number of hydrogen-bond acceptors (Lipinski definition) is 0. The third-order valence-corrected chi connectivity index (χ3v) is 6.28. The van der Waals surface area contributed by atoms with E-state index >= 15 is 0 Å². The first-order chi connectivity index (χ1) is 14.5. The lowest BCUT2D eigenvalue weighted by Crippen LogP contribution is -2.12. The number of benzene rings is 2. The molecule has 0 amide bonds. The molecule has 0 nitrogen and oxygen atoms in total. The Bertz CT molecular complexity index is 912. The maximum atomic E-state index is 14.5. The molecule has 2 aromatic carbocycles. The molecular formula is C27H31F3. The minimum atomic E-state index is -0.843. The molecule has 0 saturated heterocycles. The van der Waals surface area contributed by atoms with Gasteiger partial charge in [0.05, 0.1) is 5.56 Å². The van der Waals surface area contributed by atoms with Crippen molar-refractivity contribution < 1.29 is 13.2 Å². The summed E-state index contributed by atoms with van der Waals surface area (Å²) in [6, 6.07) is 8.92. The monoisotopic (exact) mass is 412 g/mol. The fraction of sp³-hybridized carbons (Fsp3) is 0.481. The molecule has 3 rings (SSSR count). The SMILES string of the molecule is CCCCCc1ccc(C2CCC(C#Cc3ccc(CC)c(F)c3F)CC2)cc1F. The molecule has 3 heteroatoms. The van der Waals surface area contributed by atoms with Crippen molar-refractivity contribution in [3.8, 4) is 11.8 Å². The zero-order chi connectivity index (χ0) is 21.5. The molecule has 30 heavy (non-hydrogen) atoms. The van der Waals surface area contributed by atoms with Crippen LogP contribution in [-0.4, -0.2) is 0 Å². The number of aryl methyl sites for hydroxylation is 2. The number of rotatable bonds is 6. The second kappa shape index (κ2) is 10.7. The Morgan fingerprint density at radius 2 is 1.60 bits per heavy atom. The van der Waals surface area contributed by atoms with E-state index in [1.54, 1.807) is 25.1 Å². The first kappa shape index (κ1) is 22.5. The van der Waals surface area contributed by atoms with Crippen molar-refractivity contribution in [2.75, 3.05) is 0 Å². The minimum Gasteiger partial charge on any atom is -0.207 e. The Kier molecular flexibility index (Phi) is 8.02. The van der Waals surface area contributed by atoms with Gasteiger partial charge in [-0.1, -0.05) is 56.7 Å². The topological polar surface area (TPSA) is 0 Å². The van der Waals surface area contributed by atoms with Crippen LogP contribution >= 0.6 is 0 Å². The van der Waals surface area contributed by atoms with Crippen LogP contribution in [-0.2, 0) is 12.8 Å². The number of halogens is 3. The predicted octanol–water partition coefficient (Wildman–Crippen LogP) is 7.72. The van der Waals surface area contributed by atoms with Crippen molar-refractivity contribution in [2.45, 2.75) is 77.6 Å². The van der Waals surface area contributed by atoms with E-state index in [1.165, 1.54) is 0 Å². The average Bonchev–Trinajstić information content (AvgIpc) is 2.76. The summed E-state index contributed by atoms with van der Waals surface area (Å²) in [7, 11) is 0. The van der Waals surface area contributed by atoms with Gasteiger partial charge in [0.25, 0.3) is 0 Å². The molecule has 1 saturated carbocycles. The standard InChI is InChI=1S/C27H31F3/c1-3-5-6-7-22-15-17-24(18-25(22)28)21-11-8-19(9-12-21)10-13-23-16-14-20(4-2)26(29)27(23)30/h14-19,21H,3-9,11-12H2,1-2H3. The molecule has 0 unspecified atom stereocenters. The molecule has 0 bridgehead atoms. The van der Waals surface area contributed by atoms with Gasteiger partial charge in [-0.15, -0.1) is 0 Å². The quantitative estimate of drug-likeness (QED) is 0.336. The Balaban J connectivity index is 1.59. The molecule has 160 valence electrons. The maximum absolute atomic E-state index is 14.5. The van der Waals surface area contributed by atoms with Gasteiger partial charge >= 0.3 is 0 Å². The van der Waals surface area contributed by atoms with Crippen LogP contribution in [0, 0.1) is 35.2 Å². The van der Waals surface area contributed by atoms with Gasteiger partial charge in [-0.2, -0.15) is 0 Å². The van der Waals surface area contributed by atoms with Crippen LogP contribution in [0.1, 0.15) is 87.0 Å². The first-order valence-electron chi connectivity index (χ1n) is 11.3. The van der Waals surface area contributed by atoms with Crippen LogP contribution in [0.3, 0.4) is 0 Å². The first-order valence-corrected chi connectivity index (χ1v) is 11.3. The normalized spacial score (nSPS) is 18.7. The van der Waals surface area contributed by atoms with E-state index in [0.717, 1.165) is 62.5 Å². The molecule has 0 aromatic heterocycles. The van der Waals surface area contributed by atoms with Crippen LogP contribution in [0.4, 0.5) is 13.2 Å². The molecule has 0 heterocycles. The van der Waals surface area contributed by atoms with Gasteiger partial charge in [-0.25, -0.2) is 13.2 Å². The van der Waals surface area contributed by atoms with E-state index in [9.17, 15) is 13.2 Å². The highest BCUT2D eigenvalue weighted by Crippen LogP contribution is 2.36. The highest BCUT2D eigenvalue weighted by Gasteiger charge is 2.22. The number of unbranched alkanes of at least 4 members (excludes halogenated alkanes) is 2. The van der Waals surface area contributed by atoms with E-state index in [4.69, 9.17) is 0 Å². The molecule has 0 spiro atoms. The van der Waals surface area contributed by atoms with Crippen molar-refractivity contribution in [3.05, 3.63) is 70.0 Å². The van der Waals surface area contributed by atoms with E-state index in [1.807, 2.05) is 6.07 Å². The van der Waals surface area contributed by atoms with Crippen molar-refractivity contribution in [1.29, 1.82) is 0 Å². The van der Waals surface area contributed by atoms with Crippen molar-refractivity contribution in [3.63, 3.8) is 0 Å². The van der Waals surface area contributed by atoms with Crippen LogP contribution in [0.5, 0.6) is 0 Å². The molecule has 1 aliphatic rings. The van der Waals surface area contributed by atoms with Crippen molar-refractivity contribution in [2.24, 2.45) is 5.92 Å². The van der Waals surface area contributed by atoms with Crippen molar-refractivity contribution in [1.82, 2.24) is 0 Å². The summed E-state index contributed by atoms with van der Waals surface area (Å²) in [6.45, 7) is 3.95. The predicted molar refractivity (Wildman–Crippen MR) is 117 cm³/mol. The van der Waals surface area contributed by atoms with Crippen LogP contribution in [0.2, 0.25) is 0 Å². The highest BCUT2D eigenvalue weighted by atomic mass is 19.2. The molecule has 0 atom stereocenters. The van der Waals surface area contributed by atoms with E-state index in [2.05, 4.69) is 24.8 Å². The average molecular weight is 413 g/mol. The fourth-order valence-electron chi connectivity index (χ4n) is 4.30. The molecule has 1 aliphatic carbocycles. The molecular weight excluding hydrogens is 381 g/mol. The summed E-state index contributed by atoms with van der Waals surface area (Å²) >= 11 is 0. The smallest absolute Gasteiger partial charge is 0.174 e. The molecule has 0 aliphatic heterocycles. The Morgan fingerprint density at radius 1 is 0.867 bits per heavy atom. The summed E-state index contributed by atoms with van der Waals surface area (Å²) in [5.74, 6) is 4.79.